The van der Waals surface area contributed by atoms with Crippen LogP contribution in [0.5, 0.6) is 0 Å². The number of pyridine rings is 1. The molecule has 2 aliphatic rings. The molecule has 3 heteroatoms. The average molecular weight is 498 g/mol. The van der Waals surface area contributed by atoms with Crippen molar-refractivity contribution in [3.8, 4) is 28.5 Å². The number of rotatable bonds is 3. The van der Waals surface area contributed by atoms with Crippen molar-refractivity contribution >= 4 is 21.9 Å². The molecule has 38 heavy (non-hydrogen) atoms. The van der Waals surface area contributed by atoms with Gasteiger partial charge in [-0.15, -0.1) is 0 Å². The summed E-state index contributed by atoms with van der Waals surface area (Å²) in [6.07, 6.45) is 10.4. The maximum atomic E-state index is 10.1. The molecular weight excluding hydrogens is 464 g/mol. The van der Waals surface area contributed by atoms with Gasteiger partial charge in [0.1, 0.15) is 18.2 Å². The molecule has 3 atom stereocenters. The maximum Gasteiger partial charge on any atom is 0.216 e. The second-order valence-corrected chi connectivity index (χ2v) is 11.4. The first-order valence-corrected chi connectivity index (χ1v) is 14.1. The maximum absolute atomic E-state index is 10.1. The number of fused-ring (bicyclic) bond motifs is 4. The predicted molar refractivity (Wildman–Crippen MR) is 153 cm³/mol. The van der Waals surface area contributed by atoms with Gasteiger partial charge in [0.05, 0.1) is 17.2 Å². The molecule has 2 heterocycles. The lowest BCUT2D eigenvalue weighted by Crippen LogP contribution is -2.30. The Balaban J connectivity index is 1.38. The third kappa shape index (κ3) is 3.58. The molecule has 0 aliphatic heterocycles. The van der Waals surface area contributed by atoms with Gasteiger partial charge >= 0.3 is 0 Å². The van der Waals surface area contributed by atoms with Gasteiger partial charge < -0.3 is 4.42 Å². The molecule has 188 valence electrons. The van der Waals surface area contributed by atoms with Crippen LogP contribution in [0.25, 0.3) is 44.3 Å². The monoisotopic (exact) mass is 497 g/mol. The summed E-state index contributed by atoms with van der Waals surface area (Å²) in [7, 11) is 2.07. The van der Waals surface area contributed by atoms with Crippen LogP contribution in [0.4, 0.5) is 0 Å². The average Bonchev–Trinajstić information content (AvgIpc) is 3.55. The van der Waals surface area contributed by atoms with E-state index in [1.165, 1.54) is 49.7 Å². The van der Waals surface area contributed by atoms with E-state index in [1.54, 1.807) is 0 Å². The molecule has 5 aromatic rings. The number of nitriles is 1. The standard InChI is InChI=1S/C35H33N2O/c1-22-10-17-29-30-19-16-26(21-36)33(35(30)38-34(29)32(22)31-9-5-6-20-37(31)2)25-13-11-24(12-14-25)28-18-15-23-7-3-4-8-27(23)28/h5-6,9-14,16-17,19-20,23,27-28H,3-4,7-8,15,18H2,1-2H3/q+1. The number of hydrogen-bond donors (Lipinski definition) is 0. The number of benzene rings is 3. The normalized spacial score (nSPS) is 21.0. The van der Waals surface area contributed by atoms with Crippen LogP contribution in [0, 0.1) is 30.1 Å². The second-order valence-electron chi connectivity index (χ2n) is 11.4. The molecule has 3 aromatic carbocycles. The van der Waals surface area contributed by atoms with E-state index in [9.17, 15) is 5.26 Å². The highest BCUT2D eigenvalue weighted by Gasteiger charge is 2.38. The number of aromatic nitrogens is 1. The molecule has 0 N–H and O–H groups in total. The van der Waals surface area contributed by atoms with Gasteiger partial charge in [0.15, 0.2) is 6.20 Å². The minimum atomic E-state index is 0.654. The van der Waals surface area contributed by atoms with E-state index < -0.39 is 0 Å². The van der Waals surface area contributed by atoms with Gasteiger partial charge in [-0.05, 0) is 78.8 Å². The second kappa shape index (κ2) is 9.14. The highest BCUT2D eigenvalue weighted by molar-refractivity contribution is 6.14. The Labute approximate surface area is 224 Å². The highest BCUT2D eigenvalue weighted by atomic mass is 16.3. The Hall–Kier alpha value is -3.90. The molecular formula is C35H33N2O+. The van der Waals surface area contributed by atoms with Crippen molar-refractivity contribution in [3.05, 3.63) is 89.6 Å². The van der Waals surface area contributed by atoms with Crippen molar-refractivity contribution in [3.63, 3.8) is 0 Å². The van der Waals surface area contributed by atoms with Crippen LogP contribution in [0.3, 0.4) is 0 Å². The van der Waals surface area contributed by atoms with Crippen molar-refractivity contribution in [2.75, 3.05) is 0 Å². The molecule has 0 bridgehead atoms. The fourth-order valence-corrected chi connectivity index (χ4v) is 7.53. The summed E-state index contributed by atoms with van der Waals surface area (Å²) < 4.78 is 8.87. The first kappa shape index (κ1) is 23.2. The summed E-state index contributed by atoms with van der Waals surface area (Å²) in [5.41, 5.74) is 9.13. The summed E-state index contributed by atoms with van der Waals surface area (Å²) in [6, 6.07) is 26.1. The van der Waals surface area contributed by atoms with Crippen LogP contribution >= 0.6 is 0 Å². The van der Waals surface area contributed by atoms with Gasteiger partial charge in [0.2, 0.25) is 5.69 Å². The quantitative estimate of drug-likeness (QED) is 0.234. The Kier molecular flexibility index (Phi) is 5.59. The lowest BCUT2D eigenvalue weighted by atomic mass is 9.76. The fraction of sp³-hybridized carbons (Fsp3) is 0.314. The van der Waals surface area contributed by atoms with Crippen LogP contribution < -0.4 is 4.57 Å². The van der Waals surface area contributed by atoms with Gasteiger partial charge in [0.25, 0.3) is 0 Å². The van der Waals surface area contributed by atoms with Crippen LogP contribution in [-0.4, -0.2) is 0 Å². The number of hydrogen-bond acceptors (Lipinski definition) is 2. The van der Waals surface area contributed by atoms with Crippen molar-refractivity contribution in [2.45, 2.75) is 51.4 Å². The fourth-order valence-electron chi connectivity index (χ4n) is 7.53. The SMILES string of the molecule is Cc1ccc2c(oc3c(-c4ccc(C5CCC6CCCCC65)cc4)c(C#N)ccc32)c1-c1cccc[n+]1C. The smallest absolute Gasteiger partial charge is 0.216 e. The lowest BCUT2D eigenvalue weighted by molar-refractivity contribution is -0.660. The third-order valence-corrected chi connectivity index (χ3v) is 9.41. The van der Waals surface area contributed by atoms with E-state index >= 15 is 0 Å². The summed E-state index contributed by atoms with van der Waals surface area (Å²) in [5.74, 6) is 2.46. The summed E-state index contributed by atoms with van der Waals surface area (Å²) >= 11 is 0. The minimum absolute atomic E-state index is 0.654. The highest BCUT2D eigenvalue weighted by Crippen LogP contribution is 2.50. The predicted octanol–water partition coefficient (Wildman–Crippen LogP) is 8.61. The zero-order chi connectivity index (χ0) is 25.8. The van der Waals surface area contributed by atoms with Crippen molar-refractivity contribution < 1.29 is 8.98 Å². The summed E-state index contributed by atoms with van der Waals surface area (Å²) in [5, 5.41) is 12.2. The molecule has 3 nitrogen and oxygen atoms in total. The van der Waals surface area contributed by atoms with E-state index in [0.717, 1.165) is 56.2 Å². The third-order valence-electron chi connectivity index (χ3n) is 9.41. The van der Waals surface area contributed by atoms with Crippen molar-refractivity contribution in [1.29, 1.82) is 5.26 Å². The van der Waals surface area contributed by atoms with E-state index in [1.807, 2.05) is 18.2 Å². The van der Waals surface area contributed by atoms with Crippen molar-refractivity contribution in [2.24, 2.45) is 18.9 Å². The van der Waals surface area contributed by atoms with Crippen LogP contribution in [0.2, 0.25) is 0 Å². The molecule has 3 unspecified atom stereocenters. The van der Waals surface area contributed by atoms with Gasteiger partial charge in [0, 0.05) is 28.5 Å². The molecule has 0 radical (unpaired) electrons. The van der Waals surface area contributed by atoms with Gasteiger partial charge in [-0.1, -0.05) is 55.7 Å². The van der Waals surface area contributed by atoms with E-state index in [-0.39, 0.29) is 0 Å². The molecule has 2 aromatic heterocycles. The zero-order valence-electron chi connectivity index (χ0n) is 22.2. The Morgan fingerprint density at radius 1 is 0.816 bits per heavy atom. The van der Waals surface area contributed by atoms with E-state index in [4.69, 9.17) is 4.42 Å². The Morgan fingerprint density at radius 3 is 2.37 bits per heavy atom. The molecule has 7 rings (SSSR count). The largest absolute Gasteiger partial charge is 0.454 e. The number of furan rings is 1. The summed E-state index contributed by atoms with van der Waals surface area (Å²) in [4.78, 5) is 0. The number of nitrogens with zero attached hydrogens (tertiary/aromatic N) is 2. The van der Waals surface area contributed by atoms with E-state index in [2.05, 4.69) is 79.3 Å². The number of aryl methyl sites for hydroxylation is 2. The minimum Gasteiger partial charge on any atom is -0.454 e. The van der Waals surface area contributed by atoms with Crippen LogP contribution in [0.1, 0.15) is 61.1 Å². The summed E-state index contributed by atoms with van der Waals surface area (Å²) in [6.45, 7) is 2.13. The zero-order valence-corrected chi connectivity index (χ0v) is 22.2. The Bertz CT molecular complexity index is 1720. The Morgan fingerprint density at radius 2 is 1.58 bits per heavy atom. The molecule has 0 saturated heterocycles. The molecule has 0 spiro atoms. The molecule has 0 amide bonds. The lowest BCUT2D eigenvalue weighted by Gasteiger charge is -2.29. The van der Waals surface area contributed by atoms with Gasteiger partial charge in [-0.2, -0.15) is 5.26 Å². The first-order chi connectivity index (χ1) is 18.6. The van der Waals surface area contributed by atoms with Gasteiger partial charge in [-0.3, -0.25) is 0 Å². The van der Waals surface area contributed by atoms with E-state index in [0.29, 0.717) is 11.5 Å². The van der Waals surface area contributed by atoms with Gasteiger partial charge in [-0.25, -0.2) is 4.57 Å². The topological polar surface area (TPSA) is 40.8 Å². The molecule has 2 saturated carbocycles. The molecule has 2 fully saturated rings. The first-order valence-electron chi connectivity index (χ1n) is 14.1. The molecule has 2 aliphatic carbocycles. The van der Waals surface area contributed by atoms with Crippen molar-refractivity contribution in [1.82, 2.24) is 0 Å². The van der Waals surface area contributed by atoms with Crippen LogP contribution in [-0.2, 0) is 7.05 Å². The van der Waals surface area contributed by atoms with Crippen LogP contribution in [0.15, 0.2) is 77.3 Å².